The molecule has 2 rings (SSSR count). The second kappa shape index (κ2) is 3.67. The van der Waals surface area contributed by atoms with Crippen LogP contribution in [0.15, 0.2) is 0 Å². The van der Waals surface area contributed by atoms with E-state index in [1.54, 1.807) is 0 Å². The minimum Gasteiger partial charge on any atom is -0.306 e. The Labute approximate surface area is 90.2 Å². The molecule has 15 heavy (non-hydrogen) atoms. The lowest BCUT2D eigenvalue weighted by Gasteiger charge is -2.46. The van der Waals surface area contributed by atoms with E-state index in [0.29, 0.717) is 0 Å². The number of hydrogen-bond donors (Lipinski definition) is 0. The molecular weight excluding hydrogens is 198 g/mol. The van der Waals surface area contributed by atoms with Gasteiger partial charge < -0.3 is 4.90 Å². The number of likely N-dealkylation sites (tertiary alicyclic amines) is 2. The predicted molar refractivity (Wildman–Crippen MR) is 56.2 cm³/mol. The summed E-state index contributed by atoms with van der Waals surface area (Å²) in [6.07, 6.45) is 2.26. The van der Waals surface area contributed by atoms with E-state index in [0.717, 1.165) is 32.5 Å². The molecule has 0 aromatic carbocycles. The summed E-state index contributed by atoms with van der Waals surface area (Å²) in [5, 5.41) is 0. The molecule has 0 aromatic rings. The normalized spacial score (nSPS) is 31.2. The molecule has 2 nitrogen and oxygen atoms in total. The van der Waals surface area contributed by atoms with E-state index in [-0.39, 0.29) is 18.5 Å². The van der Waals surface area contributed by atoms with E-state index in [9.17, 15) is 8.78 Å². The number of alkyl halides is 2. The lowest BCUT2D eigenvalue weighted by atomic mass is 9.79. The summed E-state index contributed by atoms with van der Waals surface area (Å²) in [7, 11) is 2.12. The minimum absolute atomic E-state index is 0.0293. The van der Waals surface area contributed by atoms with Gasteiger partial charge in [-0.3, -0.25) is 4.90 Å². The fourth-order valence-electron chi connectivity index (χ4n) is 2.58. The number of nitrogens with zero attached hydrogens (tertiary/aromatic N) is 2. The molecule has 2 aliphatic heterocycles. The van der Waals surface area contributed by atoms with E-state index in [1.165, 1.54) is 0 Å². The second-order valence-corrected chi connectivity index (χ2v) is 5.62. The first-order chi connectivity index (χ1) is 6.89. The fraction of sp³-hybridized carbons (Fsp3) is 1.00. The van der Waals surface area contributed by atoms with E-state index < -0.39 is 5.92 Å². The number of halogens is 2. The number of piperidine rings is 1. The first-order valence-corrected chi connectivity index (χ1v) is 5.67. The van der Waals surface area contributed by atoms with E-state index in [4.69, 9.17) is 0 Å². The van der Waals surface area contributed by atoms with Crippen molar-refractivity contribution in [2.24, 2.45) is 5.41 Å². The van der Waals surface area contributed by atoms with Gasteiger partial charge in [0.2, 0.25) is 0 Å². The van der Waals surface area contributed by atoms with E-state index in [2.05, 4.69) is 18.9 Å². The Balaban J connectivity index is 1.79. The average Bonchev–Trinajstić information content (AvgIpc) is 2.08. The molecule has 0 aliphatic carbocycles. The van der Waals surface area contributed by atoms with Crippen LogP contribution in [0.2, 0.25) is 0 Å². The molecule has 0 aromatic heterocycles. The molecule has 4 heteroatoms. The van der Waals surface area contributed by atoms with Gasteiger partial charge in [-0.15, -0.1) is 0 Å². The quantitative estimate of drug-likeness (QED) is 0.695. The third-order valence-corrected chi connectivity index (χ3v) is 3.71. The fourth-order valence-corrected chi connectivity index (χ4v) is 2.58. The predicted octanol–water partition coefficient (Wildman–Crippen LogP) is 1.67. The monoisotopic (exact) mass is 218 g/mol. The third-order valence-electron chi connectivity index (χ3n) is 3.71. The van der Waals surface area contributed by atoms with Gasteiger partial charge >= 0.3 is 0 Å². The Hall–Kier alpha value is -0.220. The second-order valence-electron chi connectivity index (χ2n) is 5.62. The van der Waals surface area contributed by atoms with E-state index in [1.807, 2.05) is 4.90 Å². The molecule has 0 spiro atoms. The number of rotatable bonds is 2. The minimum atomic E-state index is -2.41. The molecule has 0 unspecified atom stereocenters. The molecule has 0 saturated carbocycles. The van der Waals surface area contributed by atoms with Gasteiger partial charge in [-0.25, -0.2) is 8.78 Å². The van der Waals surface area contributed by atoms with Gasteiger partial charge in [-0.1, -0.05) is 6.92 Å². The van der Waals surface area contributed by atoms with E-state index >= 15 is 0 Å². The summed E-state index contributed by atoms with van der Waals surface area (Å²) in [5.74, 6) is -2.41. The highest BCUT2D eigenvalue weighted by Gasteiger charge is 2.46. The van der Waals surface area contributed by atoms with Gasteiger partial charge in [0.05, 0.1) is 13.1 Å². The third kappa shape index (κ3) is 2.67. The molecule has 2 fully saturated rings. The molecule has 0 radical (unpaired) electrons. The molecule has 2 saturated heterocycles. The molecule has 88 valence electrons. The van der Waals surface area contributed by atoms with Crippen LogP contribution in [-0.2, 0) is 0 Å². The van der Waals surface area contributed by atoms with Crippen LogP contribution in [0.1, 0.15) is 19.8 Å². The smallest absolute Gasteiger partial charge is 0.272 e. The van der Waals surface area contributed by atoms with Crippen molar-refractivity contribution in [3.63, 3.8) is 0 Å². The maximum atomic E-state index is 12.7. The highest BCUT2D eigenvalue weighted by Crippen LogP contribution is 2.35. The zero-order valence-corrected chi connectivity index (χ0v) is 9.60. The summed E-state index contributed by atoms with van der Waals surface area (Å²) in [5.41, 5.74) is 0.253. The zero-order chi connectivity index (χ0) is 11.1. The molecule has 0 bridgehead atoms. The van der Waals surface area contributed by atoms with Crippen molar-refractivity contribution in [1.82, 2.24) is 9.80 Å². The van der Waals surface area contributed by atoms with Crippen LogP contribution < -0.4 is 0 Å². The summed E-state index contributed by atoms with van der Waals surface area (Å²) >= 11 is 0. The van der Waals surface area contributed by atoms with Gasteiger partial charge in [-0.05, 0) is 38.4 Å². The Kier molecular flexibility index (Phi) is 2.75. The molecule has 2 heterocycles. The highest BCUT2D eigenvalue weighted by molar-refractivity contribution is 4.92. The Morgan fingerprint density at radius 1 is 1.13 bits per heavy atom. The Morgan fingerprint density at radius 3 is 2.13 bits per heavy atom. The molecule has 2 aliphatic rings. The summed E-state index contributed by atoms with van der Waals surface area (Å²) in [6, 6.07) is 0. The molecule has 0 amide bonds. The molecule has 0 atom stereocenters. The largest absolute Gasteiger partial charge is 0.306 e. The van der Waals surface area contributed by atoms with Crippen molar-refractivity contribution in [2.45, 2.75) is 25.7 Å². The zero-order valence-electron chi connectivity index (χ0n) is 9.60. The summed E-state index contributed by atoms with van der Waals surface area (Å²) in [4.78, 5) is 4.21. The average molecular weight is 218 g/mol. The maximum Gasteiger partial charge on any atom is 0.272 e. The van der Waals surface area contributed by atoms with Crippen LogP contribution >= 0.6 is 0 Å². The van der Waals surface area contributed by atoms with Crippen LogP contribution in [0.3, 0.4) is 0 Å². The standard InChI is InChI=1S/C11H20F2N2/c1-10(3-5-14(2)6-4-10)7-15-8-11(12,13)9-15/h3-9H2,1-2H3. The summed E-state index contributed by atoms with van der Waals surface area (Å²) < 4.78 is 25.4. The SMILES string of the molecule is CN1CCC(C)(CN2CC(F)(F)C2)CC1. The van der Waals surface area contributed by atoms with Crippen LogP contribution in [0, 0.1) is 5.41 Å². The lowest BCUT2D eigenvalue weighted by Crippen LogP contribution is -2.59. The van der Waals surface area contributed by atoms with Crippen molar-refractivity contribution in [2.75, 3.05) is 39.8 Å². The molecular formula is C11H20F2N2. The van der Waals surface area contributed by atoms with Gasteiger partial charge in [0.1, 0.15) is 0 Å². The highest BCUT2D eigenvalue weighted by atomic mass is 19.3. The topological polar surface area (TPSA) is 6.48 Å². The maximum absolute atomic E-state index is 12.7. The Morgan fingerprint density at radius 2 is 1.67 bits per heavy atom. The van der Waals surface area contributed by atoms with Gasteiger partial charge in [0, 0.05) is 6.54 Å². The first-order valence-electron chi connectivity index (χ1n) is 5.67. The van der Waals surface area contributed by atoms with Crippen molar-refractivity contribution < 1.29 is 8.78 Å². The first kappa shape index (κ1) is 11.3. The van der Waals surface area contributed by atoms with Crippen LogP contribution in [-0.4, -0.2) is 55.5 Å². The number of hydrogen-bond acceptors (Lipinski definition) is 2. The van der Waals surface area contributed by atoms with Gasteiger partial charge in [0.25, 0.3) is 5.92 Å². The van der Waals surface area contributed by atoms with Crippen LogP contribution in [0.4, 0.5) is 8.78 Å². The van der Waals surface area contributed by atoms with Crippen LogP contribution in [0.5, 0.6) is 0 Å². The van der Waals surface area contributed by atoms with Gasteiger partial charge in [-0.2, -0.15) is 0 Å². The van der Waals surface area contributed by atoms with Crippen molar-refractivity contribution in [3.8, 4) is 0 Å². The lowest BCUT2D eigenvalue weighted by molar-refractivity contribution is -0.142. The van der Waals surface area contributed by atoms with Gasteiger partial charge in [0.15, 0.2) is 0 Å². The van der Waals surface area contributed by atoms with Crippen LogP contribution in [0.25, 0.3) is 0 Å². The van der Waals surface area contributed by atoms with Crippen molar-refractivity contribution in [1.29, 1.82) is 0 Å². The Bertz CT molecular complexity index is 227. The van der Waals surface area contributed by atoms with Crippen molar-refractivity contribution >= 4 is 0 Å². The summed E-state index contributed by atoms with van der Waals surface area (Å²) in [6.45, 7) is 5.21. The molecule has 0 N–H and O–H groups in total. The van der Waals surface area contributed by atoms with Crippen molar-refractivity contribution in [3.05, 3.63) is 0 Å².